The van der Waals surface area contributed by atoms with Gasteiger partial charge in [-0.1, -0.05) is 0 Å². The summed E-state index contributed by atoms with van der Waals surface area (Å²) in [5.41, 5.74) is -0.613. The minimum atomic E-state index is -1.39. The Labute approximate surface area is 135 Å². The molecular weight excluding hydrogens is 327 g/mol. The predicted octanol–water partition coefficient (Wildman–Crippen LogP) is 0.275. The van der Waals surface area contributed by atoms with Gasteiger partial charge in [0.25, 0.3) is 5.91 Å². The SMILES string of the molecule is C[C@@H]1NC(=O)[C@H]2CN(C(=O)c3cc(F)c(F)cc3F)CCN2C1=O. The molecule has 0 aromatic heterocycles. The second-order valence-electron chi connectivity index (χ2n) is 5.78. The van der Waals surface area contributed by atoms with Crippen LogP contribution in [0.5, 0.6) is 0 Å². The molecule has 2 heterocycles. The van der Waals surface area contributed by atoms with Crippen LogP contribution in [0.2, 0.25) is 0 Å². The molecule has 3 amide bonds. The average Bonchev–Trinajstić information content (AvgIpc) is 2.55. The van der Waals surface area contributed by atoms with Crippen molar-refractivity contribution in [3.8, 4) is 0 Å². The van der Waals surface area contributed by atoms with E-state index in [0.29, 0.717) is 12.1 Å². The first-order chi connectivity index (χ1) is 11.3. The Morgan fingerprint density at radius 3 is 2.50 bits per heavy atom. The van der Waals surface area contributed by atoms with Crippen LogP contribution in [0.1, 0.15) is 17.3 Å². The average molecular weight is 341 g/mol. The number of piperazine rings is 2. The summed E-state index contributed by atoms with van der Waals surface area (Å²) < 4.78 is 40.0. The summed E-state index contributed by atoms with van der Waals surface area (Å²) in [5.74, 6) is -5.43. The number of hydrogen-bond acceptors (Lipinski definition) is 3. The van der Waals surface area contributed by atoms with E-state index >= 15 is 0 Å². The number of nitrogens with one attached hydrogen (secondary N) is 1. The van der Waals surface area contributed by atoms with Crippen LogP contribution in [-0.4, -0.2) is 59.2 Å². The Morgan fingerprint density at radius 1 is 1.12 bits per heavy atom. The Morgan fingerprint density at radius 2 is 1.79 bits per heavy atom. The van der Waals surface area contributed by atoms with E-state index in [1.54, 1.807) is 6.92 Å². The van der Waals surface area contributed by atoms with Crippen molar-refractivity contribution in [1.29, 1.82) is 0 Å². The van der Waals surface area contributed by atoms with Gasteiger partial charge in [0, 0.05) is 19.2 Å². The van der Waals surface area contributed by atoms with Gasteiger partial charge in [0.05, 0.1) is 12.1 Å². The normalized spacial score (nSPS) is 23.8. The van der Waals surface area contributed by atoms with E-state index in [2.05, 4.69) is 5.32 Å². The topological polar surface area (TPSA) is 69.7 Å². The second kappa shape index (κ2) is 5.81. The molecule has 0 bridgehead atoms. The first kappa shape index (κ1) is 16.3. The fourth-order valence-electron chi connectivity index (χ4n) is 2.93. The smallest absolute Gasteiger partial charge is 0.257 e. The van der Waals surface area contributed by atoms with Crippen molar-refractivity contribution in [3.05, 3.63) is 35.1 Å². The number of hydrogen-bond donors (Lipinski definition) is 1. The summed E-state index contributed by atoms with van der Waals surface area (Å²) >= 11 is 0. The maximum atomic E-state index is 13.8. The third kappa shape index (κ3) is 2.59. The van der Waals surface area contributed by atoms with E-state index in [1.165, 1.54) is 4.90 Å². The first-order valence-corrected chi connectivity index (χ1v) is 7.34. The lowest BCUT2D eigenvalue weighted by molar-refractivity contribution is -0.151. The number of amides is 3. The highest BCUT2D eigenvalue weighted by Crippen LogP contribution is 2.20. The monoisotopic (exact) mass is 341 g/mol. The molecule has 1 aromatic carbocycles. The molecule has 1 N–H and O–H groups in total. The van der Waals surface area contributed by atoms with Crippen molar-refractivity contribution in [2.45, 2.75) is 19.0 Å². The van der Waals surface area contributed by atoms with Gasteiger partial charge in [-0.2, -0.15) is 0 Å². The summed E-state index contributed by atoms with van der Waals surface area (Å²) in [6.45, 7) is 1.60. The molecule has 24 heavy (non-hydrogen) atoms. The van der Waals surface area contributed by atoms with E-state index in [-0.39, 0.29) is 25.5 Å². The maximum absolute atomic E-state index is 13.8. The van der Waals surface area contributed by atoms with Crippen molar-refractivity contribution in [1.82, 2.24) is 15.1 Å². The van der Waals surface area contributed by atoms with Crippen LogP contribution in [0, 0.1) is 17.5 Å². The molecule has 3 rings (SSSR count). The van der Waals surface area contributed by atoms with Gasteiger partial charge in [-0.25, -0.2) is 13.2 Å². The van der Waals surface area contributed by atoms with Crippen molar-refractivity contribution in [2.75, 3.05) is 19.6 Å². The van der Waals surface area contributed by atoms with Gasteiger partial charge >= 0.3 is 0 Å². The van der Waals surface area contributed by atoms with Crippen LogP contribution >= 0.6 is 0 Å². The zero-order valence-electron chi connectivity index (χ0n) is 12.7. The van der Waals surface area contributed by atoms with Crippen LogP contribution in [0.25, 0.3) is 0 Å². The summed E-state index contributed by atoms with van der Waals surface area (Å²) in [7, 11) is 0. The highest BCUT2D eigenvalue weighted by atomic mass is 19.2. The molecule has 128 valence electrons. The van der Waals surface area contributed by atoms with Gasteiger partial charge in [-0.15, -0.1) is 0 Å². The Balaban J connectivity index is 1.83. The molecule has 1 aromatic rings. The quantitative estimate of drug-likeness (QED) is 0.746. The predicted molar refractivity (Wildman–Crippen MR) is 75.3 cm³/mol. The van der Waals surface area contributed by atoms with E-state index in [4.69, 9.17) is 0 Å². The lowest BCUT2D eigenvalue weighted by Crippen LogP contribution is -2.69. The van der Waals surface area contributed by atoms with Crippen LogP contribution in [0.15, 0.2) is 12.1 Å². The fraction of sp³-hybridized carbons (Fsp3) is 0.400. The zero-order valence-corrected chi connectivity index (χ0v) is 12.7. The standard InChI is InChI=1S/C15H14F3N3O3/c1-7-14(23)21-3-2-20(6-12(21)13(22)19-7)15(24)8-4-10(17)11(18)5-9(8)16/h4-5,7,12H,2-3,6H2,1H3,(H,19,22)/t7-,12+/m0/s1. The van der Waals surface area contributed by atoms with Gasteiger partial charge in [-0.3, -0.25) is 14.4 Å². The largest absolute Gasteiger partial charge is 0.343 e. The molecule has 0 radical (unpaired) electrons. The zero-order chi connectivity index (χ0) is 17.6. The van der Waals surface area contributed by atoms with Crippen molar-refractivity contribution < 1.29 is 27.6 Å². The molecule has 0 aliphatic carbocycles. The molecule has 2 aliphatic heterocycles. The lowest BCUT2D eigenvalue weighted by atomic mass is 10.0. The van der Waals surface area contributed by atoms with Crippen LogP contribution in [0.3, 0.4) is 0 Å². The van der Waals surface area contributed by atoms with Crippen molar-refractivity contribution >= 4 is 17.7 Å². The number of halogens is 3. The number of carbonyl (C=O) groups excluding carboxylic acids is 3. The molecule has 2 fully saturated rings. The molecular formula is C15H14F3N3O3. The minimum absolute atomic E-state index is 0.0690. The van der Waals surface area contributed by atoms with Gasteiger partial charge in [-0.05, 0) is 13.0 Å². The second-order valence-corrected chi connectivity index (χ2v) is 5.78. The van der Waals surface area contributed by atoms with Gasteiger partial charge in [0.1, 0.15) is 17.9 Å². The number of benzene rings is 1. The molecule has 2 aliphatic rings. The van der Waals surface area contributed by atoms with Crippen LogP contribution in [0.4, 0.5) is 13.2 Å². The molecule has 0 saturated carbocycles. The van der Waals surface area contributed by atoms with Gasteiger partial charge in [0.15, 0.2) is 11.6 Å². The number of carbonyl (C=O) groups is 3. The van der Waals surface area contributed by atoms with E-state index < -0.39 is 46.9 Å². The summed E-state index contributed by atoms with van der Waals surface area (Å²) in [5, 5.41) is 2.50. The first-order valence-electron chi connectivity index (χ1n) is 7.34. The Hall–Kier alpha value is -2.58. The van der Waals surface area contributed by atoms with E-state index in [9.17, 15) is 27.6 Å². The highest BCUT2D eigenvalue weighted by Gasteiger charge is 2.43. The number of fused-ring (bicyclic) bond motifs is 1. The molecule has 0 spiro atoms. The molecule has 9 heteroatoms. The van der Waals surface area contributed by atoms with Crippen molar-refractivity contribution in [2.24, 2.45) is 0 Å². The third-order valence-corrected chi connectivity index (χ3v) is 4.22. The summed E-state index contributed by atoms with van der Waals surface area (Å²) in [6, 6.07) is -0.718. The third-order valence-electron chi connectivity index (χ3n) is 4.22. The summed E-state index contributed by atoms with van der Waals surface area (Å²) in [6.07, 6.45) is 0. The fourth-order valence-corrected chi connectivity index (χ4v) is 2.93. The molecule has 2 atom stereocenters. The molecule has 0 unspecified atom stereocenters. The van der Waals surface area contributed by atoms with Crippen LogP contribution in [-0.2, 0) is 9.59 Å². The van der Waals surface area contributed by atoms with E-state index in [0.717, 1.165) is 4.90 Å². The Kier molecular flexibility index (Phi) is 3.94. The summed E-state index contributed by atoms with van der Waals surface area (Å²) in [4.78, 5) is 39.0. The van der Waals surface area contributed by atoms with Crippen LogP contribution < -0.4 is 5.32 Å². The molecule has 6 nitrogen and oxygen atoms in total. The highest BCUT2D eigenvalue weighted by molar-refractivity contribution is 5.99. The van der Waals surface area contributed by atoms with Crippen molar-refractivity contribution in [3.63, 3.8) is 0 Å². The van der Waals surface area contributed by atoms with Gasteiger partial charge < -0.3 is 15.1 Å². The van der Waals surface area contributed by atoms with Gasteiger partial charge in [0.2, 0.25) is 11.8 Å². The van der Waals surface area contributed by atoms with E-state index in [1.807, 2.05) is 0 Å². The number of rotatable bonds is 1. The maximum Gasteiger partial charge on any atom is 0.257 e. The Bertz CT molecular complexity index is 740. The molecule has 2 saturated heterocycles. The number of nitrogens with zero attached hydrogens (tertiary/aromatic N) is 2. The minimum Gasteiger partial charge on any atom is -0.343 e. The lowest BCUT2D eigenvalue weighted by Gasteiger charge is -2.44.